The molecule has 5 rings (SSSR count). The van der Waals surface area contributed by atoms with Crippen LogP contribution in [0.15, 0.2) is 48.7 Å². The van der Waals surface area contributed by atoms with E-state index in [1.54, 1.807) is 19.2 Å². The summed E-state index contributed by atoms with van der Waals surface area (Å²) < 4.78 is 24.3. The van der Waals surface area contributed by atoms with Gasteiger partial charge in [-0.05, 0) is 87.1 Å². The van der Waals surface area contributed by atoms with E-state index in [1.165, 1.54) is 12.1 Å². The molecular weight excluding hydrogens is 459 g/mol. The summed E-state index contributed by atoms with van der Waals surface area (Å²) in [6, 6.07) is 10.4. The number of fused-ring (bicyclic) bond motifs is 2. The fraction of sp³-hybridized carbons (Fsp3) is 0.483. The summed E-state index contributed by atoms with van der Waals surface area (Å²) in [6.45, 7) is 4.15. The summed E-state index contributed by atoms with van der Waals surface area (Å²) in [5.41, 5.74) is 2.48. The van der Waals surface area contributed by atoms with Crippen LogP contribution in [0.3, 0.4) is 0 Å². The Labute approximate surface area is 211 Å². The van der Waals surface area contributed by atoms with E-state index >= 15 is 0 Å². The molecule has 1 saturated heterocycles. The van der Waals surface area contributed by atoms with Gasteiger partial charge in [-0.3, -0.25) is 9.78 Å². The number of amides is 1. The number of nitrogens with zero attached hydrogens (tertiary/aromatic N) is 1. The number of cyclic esters (lactones) is 1. The highest BCUT2D eigenvalue weighted by Gasteiger charge is 2.54. The third-order valence-electron chi connectivity index (χ3n) is 8.18. The molecule has 3 fully saturated rings. The lowest BCUT2D eigenvalue weighted by Crippen LogP contribution is -2.48. The van der Waals surface area contributed by atoms with E-state index in [2.05, 4.69) is 16.4 Å². The molecule has 1 aromatic heterocycles. The summed E-state index contributed by atoms with van der Waals surface area (Å²) in [6.07, 6.45) is 9.07. The third kappa shape index (κ3) is 5.01. The molecular formula is C29H33FN2O4. The highest BCUT2D eigenvalue weighted by Crippen LogP contribution is 2.53. The molecule has 0 bridgehead atoms. The van der Waals surface area contributed by atoms with Gasteiger partial charge in [0.2, 0.25) is 0 Å². The lowest BCUT2D eigenvalue weighted by Gasteiger charge is -2.47. The Morgan fingerprint density at radius 3 is 2.83 bits per heavy atom. The normalized spacial score (nSPS) is 31.4. The molecule has 7 heteroatoms. The monoisotopic (exact) mass is 492 g/mol. The summed E-state index contributed by atoms with van der Waals surface area (Å²) in [5, 5.41) is 3.00. The van der Waals surface area contributed by atoms with Crippen LogP contribution in [0.4, 0.5) is 9.18 Å². The molecule has 1 N–H and O–H groups in total. The maximum absolute atomic E-state index is 13.6. The first-order valence-electron chi connectivity index (χ1n) is 13.0. The highest BCUT2D eigenvalue weighted by molar-refractivity contribution is 5.75. The van der Waals surface area contributed by atoms with E-state index < -0.39 is 0 Å². The minimum absolute atomic E-state index is 0.0679. The average Bonchev–Trinajstić information content (AvgIpc) is 3.15. The van der Waals surface area contributed by atoms with Gasteiger partial charge in [-0.25, -0.2) is 9.18 Å². The molecule has 1 aliphatic heterocycles. The fourth-order valence-electron chi connectivity index (χ4n) is 6.64. The van der Waals surface area contributed by atoms with Crippen LogP contribution < -0.4 is 5.32 Å². The minimum atomic E-state index is -0.368. The number of benzene rings is 1. The summed E-state index contributed by atoms with van der Waals surface area (Å²) in [7, 11) is 0. The first kappa shape index (κ1) is 24.5. The van der Waals surface area contributed by atoms with Gasteiger partial charge in [0, 0.05) is 23.7 Å². The summed E-state index contributed by atoms with van der Waals surface area (Å²) in [4.78, 5) is 29.2. The second kappa shape index (κ2) is 10.4. The Bertz CT molecular complexity index is 1130. The zero-order valence-corrected chi connectivity index (χ0v) is 20.7. The van der Waals surface area contributed by atoms with Crippen LogP contribution in [0, 0.1) is 35.4 Å². The van der Waals surface area contributed by atoms with Gasteiger partial charge in [0.15, 0.2) is 0 Å². The maximum atomic E-state index is 13.6. The molecule has 1 aromatic carbocycles. The molecule has 3 aliphatic rings. The van der Waals surface area contributed by atoms with Gasteiger partial charge in [0.05, 0.1) is 18.2 Å². The zero-order valence-electron chi connectivity index (χ0n) is 20.7. The standard InChI is InChI=1S/C29H33FN2O4/c1-3-35-29(34)32-23-10-11-24-20(14-23)15-26-27(17(2)36-28(26)33)25(24)12-9-22-8-7-19(16-31-22)18-5-4-6-21(30)13-18/h4-9,12-13,16-17,20,23-27H,3,10-11,14-15H2,1-2H3,(H,32,34)/t17-,20-,23-,24-,25+,26-,27-/m1/s1. The van der Waals surface area contributed by atoms with Crippen molar-refractivity contribution in [3.05, 3.63) is 60.2 Å². The molecule has 36 heavy (non-hydrogen) atoms. The van der Waals surface area contributed by atoms with Crippen LogP contribution in [0.2, 0.25) is 0 Å². The second-order valence-corrected chi connectivity index (χ2v) is 10.3. The van der Waals surface area contributed by atoms with E-state index in [0.717, 1.165) is 42.5 Å². The predicted molar refractivity (Wildman–Crippen MR) is 134 cm³/mol. The number of hydrogen-bond acceptors (Lipinski definition) is 5. The quantitative estimate of drug-likeness (QED) is 0.548. The van der Waals surface area contributed by atoms with Crippen LogP contribution in [-0.4, -0.2) is 35.8 Å². The number of hydrogen-bond donors (Lipinski definition) is 1. The van der Waals surface area contributed by atoms with Crippen molar-refractivity contribution in [2.45, 2.75) is 51.7 Å². The Hall–Kier alpha value is -3.22. The lowest BCUT2D eigenvalue weighted by atomic mass is 9.57. The average molecular weight is 493 g/mol. The Morgan fingerprint density at radius 1 is 1.22 bits per heavy atom. The van der Waals surface area contributed by atoms with E-state index in [1.807, 2.05) is 31.2 Å². The molecule has 2 aromatic rings. The van der Waals surface area contributed by atoms with Crippen molar-refractivity contribution in [1.29, 1.82) is 0 Å². The number of alkyl carbamates (subject to hydrolysis) is 1. The number of pyridine rings is 1. The second-order valence-electron chi connectivity index (χ2n) is 10.3. The molecule has 1 amide bonds. The van der Waals surface area contributed by atoms with Crippen molar-refractivity contribution < 1.29 is 23.5 Å². The molecule has 0 radical (unpaired) electrons. The zero-order chi connectivity index (χ0) is 25.2. The molecule has 2 saturated carbocycles. The third-order valence-corrected chi connectivity index (χ3v) is 8.18. The molecule has 0 unspecified atom stereocenters. The van der Waals surface area contributed by atoms with E-state index in [-0.39, 0.29) is 47.8 Å². The maximum Gasteiger partial charge on any atom is 0.407 e. The van der Waals surface area contributed by atoms with Gasteiger partial charge in [0.1, 0.15) is 11.9 Å². The lowest BCUT2D eigenvalue weighted by molar-refractivity contribution is -0.144. The summed E-state index contributed by atoms with van der Waals surface area (Å²) in [5.74, 6) is 0.629. The minimum Gasteiger partial charge on any atom is -0.462 e. The summed E-state index contributed by atoms with van der Waals surface area (Å²) >= 11 is 0. The number of carbonyl (C=O) groups is 2. The largest absolute Gasteiger partial charge is 0.462 e. The Kier molecular flexibility index (Phi) is 7.08. The molecule has 7 atom stereocenters. The number of allylic oxidation sites excluding steroid dienone is 1. The molecule has 0 spiro atoms. The van der Waals surface area contributed by atoms with Crippen LogP contribution in [0.5, 0.6) is 0 Å². The number of rotatable bonds is 5. The SMILES string of the molecule is CCOC(=O)N[C@@H]1CC[C@@H]2[C@H](C1)C[C@H]1C(=O)O[C@H](C)[C@@H]1[C@H]2C=Cc1ccc(-c2cccc(F)c2)cn1. The van der Waals surface area contributed by atoms with Crippen LogP contribution >= 0.6 is 0 Å². The number of nitrogens with one attached hydrogen (secondary N) is 1. The number of aromatic nitrogens is 1. The number of esters is 1. The van der Waals surface area contributed by atoms with Crippen LogP contribution in [-0.2, 0) is 14.3 Å². The number of ether oxygens (including phenoxy) is 2. The first-order valence-corrected chi connectivity index (χ1v) is 13.0. The smallest absolute Gasteiger partial charge is 0.407 e. The van der Waals surface area contributed by atoms with E-state index in [0.29, 0.717) is 18.4 Å². The van der Waals surface area contributed by atoms with Crippen molar-refractivity contribution >= 4 is 18.1 Å². The van der Waals surface area contributed by atoms with Crippen molar-refractivity contribution in [3.63, 3.8) is 0 Å². The van der Waals surface area contributed by atoms with E-state index in [9.17, 15) is 14.0 Å². The fourth-order valence-corrected chi connectivity index (χ4v) is 6.64. The predicted octanol–water partition coefficient (Wildman–Crippen LogP) is 5.63. The van der Waals surface area contributed by atoms with Crippen LogP contribution in [0.25, 0.3) is 17.2 Å². The van der Waals surface area contributed by atoms with Gasteiger partial charge in [-0.15, -0.1) is 0 Å². The van der Waals surface area contributed by atoms with Crippen LogP contribution in [0.1, 0.15) is 45.2 Å². The number of halogens is 1. The van der Waals surface area contributed by atoms with Gasteiger partial charge >= 0.3 is 12.1 Å². The first-order chi connectivity index (χ1) is 17.4. The molecule has 6 nitrogen and oxygen atoms in total. The highest BCUT2D eigenvalue weighted by atomic mass is 19.1. The van der Waals surface area contributed by atoms with Gasteiger partial charge in [0.25, 0.3) is 0 Å². The van der Waals surface area contributed by atoms with Crippen molar-refractivity contribution in [3.8, 4) is 11.1 Å². The molecule has 2 aliphatic carbocycles. The Morgan fingerprint density at radius 2 is 2.08 bits per heavy atom. The van der Waals surface area contributed by atoms with Gasteiger partial charge in [-0.2, -0.15) is 0 Å². The van der Waals surface area contributed by atoms with Gasteiger partial charge in [-0.1, -0.05) is 24.3 Å². The van der Waals surface area contributed by atoms with Crippen molar-refractivity contribution in [1.82, 2.24) is 10.3 Å². The van der Waals surface area contributed by atoms with Crippen molar-refractivity contribution in [2.75, 3.05) is 6.61 Å². The van der Waals surface area contributed by atoms with Gasteiger partial charge < -0.3 is 14.8 Å². The molecule has 190 valence electrons. The van der Waals surface area contributed by atoms with E-state index in [4.69, 9.17) is 9.47 Å². The number of carbonyl (C=O) groups excluding carboxylic acids is 2. The molecule has 2 heterocycles. The van der Waals surface area contributed by atoms with Crippen molar-refractivity contribution in [2.24, 2.45) is 29.6 Å². The topological polar surface area (TPSA) is 77.5 Å². The Balaban J connectivity index is 1.34.